The van der Waals surface area contributed by atoms with E-state index in [1.54, 1.807) is 17.8 Å². The van der Waals surface area contributed by atoms with E-state index < -0.39 is 0 Å². The van der Waals surface area contributed by atoms with Crippen LogP contribution < -0.4 is 10.6 Å². The van der Waals surface area contributed by atoms with Gasteiger partial charge in [0, 0.05) is 17.5 Å². The first-order valence-corrected chi connectivity index (χ1v) is 7.82. The number of rotatable bonds is 5. The molecule has 0 amide bonds. The predicted molar refractivity (Wildman–Crippen MR) is 79.2 cm³/mol. The first-order chi connectivity index (χ1) is 9.22. The van der Waals surface area contributed by atoms with Crippen molar-refractivity contribution in [1.82, 2.24) is 10.6 Å². The topological polar surface area (TPSA) is 36.4 Å². The summed E-state index contributed by atoms with van der Waals surface area (Å²) in [6.07, 6.45) is 4.41. The Balaban J connectivity index is 2.06. The molecule has 2 N–H and O–H groups in total. The Hall–Kier alpha value is -1.23. The van der Waals surface area contributed by atoms with Gasteiger partial charge in [0.2, 0.25) is 0 Å². The van der Waals surface area contributed by atoms with E-state index in [-0.39, 0.29) is 5.82 Å². The Labute approximate surface area is 118 Å². The SMILES string of the molecule is CCNC(=NCc1cc(F)ccc1SC)NC1CC1. The van der Waals surface area contributed by atoms with Gasteiger partial charge in [0.15, 0.2) is 5.96 Å². The molecule has 3 nitrogen and oxygen atoms in total. The zero-order valence-electron chi connectivity index (χ0n) is 11.4. The van der Waals surface area contributed by atoms with E-state index in [1.165, 1.54) is 18.9 Å². The Morgan fingerprint density at radius 1 is 1.47 bits per heavy atom. The van der Waals surface area contributed by atoms with E-state index in [4.69, 9.17) is 0 Å². The maximum absolute atomic E-state index is 13.3. The molecule has 0 saturated heterocycles. The fourth-order valence-corrected chi connectivity index (χ4v) is 2.37. The molecule has 1 aliphatic carbocycles. The number of guanidine groups is 1. The smallest absolute Gasteiger partial charge is 0.191 e. The van der Waals surface area contributed by atoms with Crippen LogP contribution in [0.4, 0.5) is 4.39 Å². The predicted octanol–water partition coefficient (Wildman–Crippen LogP) is 2.77. The highest BCUT2D eigenvalue weighted by Crippen LogP contribution is 2.22. The lowest BCUT2D eigenvalue weighted by Gasteiger charge is -2.11. The molecular weight excluding hydrogens is 261 g/mol. The van der Waals surface area contributed by atoms with Crippen molar-refractivity contribution in [3.8, 4) is 0 Å². The number of aliphatic imine (C=N–C) groups is 1. The van der Waals surface area contributed by atoms with Gasteiger partial charge in [-0.3, -0.25) is 0 Å². The fraction of sp³-hybridized carbons (Fsp3) is 0.500. The van der Waals surface area contributed by atoms with Crippen LogP contribution in [-0.4, -0.2) is 24.8 Å². The highest BCUT2D eigenvalue weighted by molar-refractivity contribution is 7.98. The maximum Gasteiger partial charge on any atom is 0.191 e. The minimum Gasteiger partial charge on any atom is -0.357 e. The third-order valence-corrected chi connectivity index (χ3v) is 3.75. The molecule has 19 heavy (non-hydrogen) atoms. The monoisotopic (exact) mass is 281 g/mol. The van der Waals surface area contributed by atoms with Crippen molar-refractivity contribution >= 4 is 17.7 Å². The van der Waals surface area contributed by atoms with Crippen LogP contribution in [0.25, 0.3) is 0 Å². The highest BCUT2D eigenvalue weighted by atomic mass is 32.2. The maximum atomic E-state index is 13.3. The molecule has 1 aromatic carbocycles. The lowest BCUT2D eigenvalue weighted by atomic mass is 10.2. The number of benzene rings is 1. The number of halogens is 1. The number of nitrogens with zero attached hydrogens (tertiary/aromatic N) is 1. The fourth-order valence-electron chi connectivity index (χ4n) is 1.78. The molecule has 0 spiro atoms. The van der Waals surface area contributed by atoms with Gasteiger partial charge in [-0.05, 0) is 49.8 Å². The quantitative estimate of drug-likeness (QED) is 0.495. The third-order valence-electron chi connectivity index (χ3n) is 2.91. The van der Waals surface area contributed by atoms with Crippen molar-refractivity contribution in [2.45, 2.75) is 37.2 Å². The van der Waals surface area contributed by atoms with Gasteiger partial charge in [-0.15, -0.1) is 11.8 Å². The molecule has 0 atom stereocenters. The molecular formula is C14H20FN3S. The molecule has 0 unspecified atom stereocenters. The second-order valence-corrected chi connectivity index (χ2v) is 5.42. The standard InChI is InChI=1S/C14H20FN3S/c1-3-16-14(18-12-5-6-12)17-9-10-8-11(15)4-7-13(10)19-2/h4,7-8,12H,3,5-6,9H2,1-2H3,(H2,16,17,18). The van der Waals surface area contributed by atoms with E-state index in [0.717, 1.165) is 23.0 Å². The van der Waals surface area contributed by atoms with Crippen molar-refractivity contribution in [2.75, 3.05) is 12.8 Å². The summed E-state index contributed by atoms with van der Waals surface area (Å²) < 4.78 is 13.3. The zero-order chi connectivity index (χ0) is 13.7. The molecule has 0 heterocycles. The van der Waals surface area contributed by atoms with Gasteiger partial charge >= 0.3 is 0 Å². The van der Waals surface area contributed by atoms with Crippen LogP contribution in [0.3, 0.4) is 0 Å². The molecule has 1 aliphatic rings. The van der Waals surface area contributed by atoms with Gasteiger partial charge in [0.25, 0.3) is 0 Å². The minimum absolute atomic E-state index is 0.205. The lowest BCUT2D eigenvalue weighted by molar-refractivity contribution is 0.623. The van der Waals surface area contributed by atoms with Crippen LogP contribution in [0.1, 0.15) is 25.3 Å². The number of nitrogens with one attached hydrogen (secondary N) is 2. The Morgan fingerprint density at radius 3 is 2.89 bits per heavy atom. The van der Waals surface area contributed by atoms with Gasteiger partial charge in [-0.2, -0.15) is 0 Å². The molecule has 0 bridgehead atoms. The minimum atomic E-state index is -0.205. The van der Waals surface area contributed by atoms with Gasteiger partial charge in [0.1, 0.15) is 5.82 Å². The molecule has 0 aromatic heterocycles. The molecule has 104 valence electrons. The van der Waals surface area contributed by atoms with Crippen LogP contribution in [0, 0.1) is 5.82 Å². The summed E-state index contributed by atoms with van der Waals surface area (Å²) in [4.78, 5) is 5.60. The van der Waals surface area contributed by atoms with Crippen LogP contribution >= 0.6 is 11.8 Å². The first kappa shape index (κ1) is 14.2. The number of thioether (sulfide) groups is 1. The normalized spacial score (nSPS) is 15.4. The van der Waals surface area contributed by atoms with E-state index in [9.17, 15) is 4.39 Å². The largest absolute Gasteiger partial charge is 0.357 e. The average Bonchev–Trinajstić information content (AvgIpc) is 3.20. The molecule has 1 fully saturated rings. The first-order valence-electron chi connectivity index (χ1n) is 6.60. The van der Waals surface area contributed by atoms with Crippen LogP contribution in [0.2, 0.25) is 0 Å². The summed E-state index contributed by atoms with van der Waals surface area (Å²) >= 11 is 1.62. The molecule has 0 radical (unpaired) electrons. The molecule has 5 heteroatoms. The van der Waals surface area contributed by atoms with Crippen molar-refractivity contribution in [1.29, 1.82) is 0 Å². The summed E-state index contributed by atoms with van der Waals surface area (Å²) in [5.74, 6) is 0.615. The Kier molecular flexibility index (Phi) is 5.07. The van der Waals surface area contributed by atoms with E-state index in [0.29, 0.717) is 12.6 Å². The average molecular weight is 281 g/mol. The lowest BCUT2D eigenvalue weighted by Crippen LogP contribution is -2.38. The summed E-state index contributed by atoms with van der Waals surface area (Å²) in [6.45, 7) is 3.37. The van der Waals surface area contributed by atoms with Gasteiger partial charge in [-0.25, -0.2) is 9.38 Å². The summed E-state index contributed by atoms with van der Waals surface area (Å²) in [7, 11) is 0. The van der Waals surface area contributed by atoms with E-state index in [2.05, 4.69) is 15.6 Å². The summed E-state index contributed by atoms with van der Waals surface area (Å²) in [6, 6.07) is 5.43. The molecule has 1 aromatic rings. The van der Waals surface area contributed by atoms with Gasteiger partial charge in [0.05, 0.1) is 6.54 Å². The van der Waals surface area contributed by atoms with Gasteiger partial charge in [-0.1, -0.05) is 0 Å². The molecule has 0 aliphatic heterocycles. The molecule has 2 rings (SSSR count). The Bertz CT molecular complexity index is 458. The van der Waals surface area contributed by atoms with Crippen molar-refractivity contribution in [3.63, 3.8) is 0 Å². The van der Waals surface area contributed by atoms with E-state index in [1.807, 2.05) is 19.2 Å². The van der Waals surface area contributed by atoms with Crippen LogP contribution in [0.15, 0.2) is 28.1 Å². The van der Waals surface area contributed by atoms with Crippen LogP contribution in [0.5, 0.6) is 0 Å². The highest BCUT2D eigenvalue weighted by Gasteiger charge is 2.22. The van der Waals surface area contributed by atoms with Crippen molar-refractivity contribution in [3.05, 3.63) is 29.6 Å². The number of hydrogen-bond acceptors (Lipinski definition) is 2. The summed E-state index contributed by atoms with van der Waals surface area (Å²) in [5.41, 5.74) is 0.931. The number of hydrogen-bond donors (Lipinski definition) is 2. The second-order valence-electron chi connectivity index (χ2n) is 4.57. The summed E-state index contributed by atoms with van der Waals surface area (Å²) in [5, 5.41) is 6.57. The molecule has 1 saturated carbocycles. The van der Waals surface area contributed by atoms with E-state index >= 15 is 0 Å². The zero-order valence-corrected chi connectivity index (χ0v) is 12.2. The van der Waals surface area contributed by atoms with Gasteiger partial charge < -0.3 is 10.6 Å². The Morgan fingerprint density at radius 2 is 2.26 bits per heavy atom. The van der Waals surface area contributed by atoms with Crippen molar-refractivity contribution < 1.29 is 4.39 Å². The second kappa shape index (κ2) is 6.80. The van der Waals surface area contributed by atoms with Crippen molar-refractivity contribution in [2.24, 2.45) is 4.99 Å². The van der Waals surface area contributed by atoms with Crippen LogP contribution in [-0.2, 0) is 6.54 Å². The third kappa shape index (κ3) is 4.42.